The molecule has 8 heteroatoms. The van der Waals surface area contributed by atoms with Crippen LogP contribution in [0.15, 0.2) is 30.6 Å². The zero-order valence-corrected chi connectivity index (χ0v) is 21.3. The van der Waals surface area contributed by atoms with Gasteiger partial charge in [-0.05, 0) is 70.2 Å². The van der Waals surface area contributed by atoms with Gasteiger partial charge in [0.1, 0.15) is 0 Å². The second kappa shape index (κ2) is 9.00. The number of aromatic nitrogens is 3. The summed E-state index contributed by atoms with van der Waals surface area (Å²) in [5, 5.41) is 8.00. The Balaban J connectivity index is 1.40. The van der Waals surface area contributed by atoms with Crippen molar-refractivity contribution in [2.75, 3.05) is 31.6 Å². The van der Waals surface area contributed by atoms with Crippen LogP contribution in [-0.4, -0.2) is 53.1 Å². The molecule has 2 N–H and O–H groups in total. The van der Waals surface area contributed by atoms with Crippen LogP contribution in [0.5, 0.6) is 5.88 Å². The average molecular weight is 487 g/mol. The van der Waals surface area contributed by atoms with Gasteiger partial charge < -0.3 is 20.3 Å². The van der Waals surface area contributed by atoms with E-state index in [1.165, 1.54) is 12.8 Å². The minimum absolute atomic E-state index is 0.120. The number of anilines is 1. The van der Waals surface area contributed by atoms with Crippen molar-refractivity contribution in [3.63, 3.8) is 0 Å². The number of ether oxygens (including phenoxy) is 1. The Hall–Kier alpha value is -3.26. The van der Waals surface area contributed by atoms with Crippen LogP contribution in [-0.2, 0) is 0 Å². The first-order chi connectivity index (χ1) is 17.5. The summed E-state index contributed by atoms with van der Waals surface area (Å²) in [6.45, 7) is 6.92. The lowest BCUT2D eigenvalue weighted by molar-refractivity contribution is 0.0940. The second-order valence-electron chi connectivity index (χ2n) is 10.6. The number of hydrogen-bond donors (Lipinski definition) is 2. The number of amides is 1. The van der Waals surface area contributed by atoms with E-state index in [0.29, 0.717) is 17.4 Å². The van der Waals surface area contributed by atoms with Crippen molar-refractivity contribution in [2.24, 2.45) is 0 Å². The highest BCUT2D eigenvalue weighted by Crippen LogP contribution is 2.44. The van der Waals surface area contributed by atoms with Crippen LogP contribution < -0.4 is 20.3 Å². The van der Waals surface area contributed by atoms with Crippen LogP contribution in [0.2, 0.25) is 0 Å². The van der Waals surface area contributed by atoms with Gasteiger partial charge in [-0.15, -0.1) is 0 Å². The standard InChI is InChI=1S/C28H34N6O2/c1-17-13-21-25(24(32-17)19-5-6-19)30-15-22(26(21)34-12-9-28(16-34)8-4-10-31-28)27(35)33-18(2)20-7-11-29-23(14-20)36-3/h7,11,13-15,18-19,31H,4-6,8-10,12,16H2,1-3H3,(H,33,35)/t18-,28?/m0/s1. The van der Waals surface area contributed by atoms with E-state index in [1.807, 2.05) is 26.0 Å². The van der Waals surface area contributed by atoms with Gasteiger partial charge in [-0.3, -0.25) is 14.8 Å². The number of carbonyl (C=O) groups is 1. The molecule has 2 saturated heterocycles. The molecule has 3 aromatic heterocycles. The second-order valence-corrected chi connectivity index (χ2v) is 10.6. The number of methoxy groups -OCH3 is 1. The van der Waals surface area contributed by atoms with Crippen molar-refractivity contribution >= 4 is 22.5 Å². The predicted molar refractivity (Wildman–Crippen MR) is 140 cm³/mol. The van der Waals surface area contributed by atoms with Crippen LogP contribution in [0.1, 0.15) is 78.3 Å². The third-order valence-electron chi connectivity index (χ3n) is 8.01. The molecule has 1 spiro atoms. The van der Waals surface area contributed by atoms with Crippen LogP contribution in [0.4, 0.5) is 5.69 Å². The lowest BCUT2D eigenvalue weighted by Crippen LogP contribution is -2.42. The van der Waals surface area contributed by atoms with Gasteiger partial charge in [-0.1, -0.05) is 0 Å². The zero-order valence-electron chi connectivity index (χ0n) is 21.3. The smallest absolute Gasteiger partial charge is 0.255 e. The number of pyridine rings is 3. The summed E-state index contributed by atoms with van der Waals surface area (Å²) in [7, 11) is 1.59. The van der Waals surface area contributed by atoms with Crippen LogP contribution in [0.25, 0.3) is 10.9 Å². The molecule has 0 aromatic carbocycles. The zero-order chi connectivity index (χ0) is 24.9. The van der Waals surface area contributed by atoms with Gasteiger partial charge in [0.05, 0.1) is 35.6 Å². The van der Waals surface area contributed by atoms with Gasteiger partial charge in [0.15, 0.2) is 0 Å². The maximum Gasteiger partial charge on any atom is 0.255 e. The number of fused-ring (bicyclic) bond motifs is 1. The van der Waals surface area contributed by atoms with Crippen LogP contribution in [0.3, 0.4) is 0 Å². The molecule has 3 aliphatic rings. The van der Waals surface area contributed by atoms with Gasteiger partial charge in [-0.25, -0.2) is 4.98 Å². The Kier molecular flexibility index (Phi) is 5.79. The molecular formula is C28H34N6O2. The molecule has 2 atom stereocenters. The number of nitrogens with one attached hydrogen (secondary N) is 2. The Morgan fingerprint density at radius 3 is 2.89 bits per heavy atom. The van der Waals surface area contributed by atoms with Gasteiger partial charge in [0.25, 0.3) is 5.91 Å². The molecule has 8 nitrogen and oxygen atoms in total. The Morgan fingerprint density at radius 1 is 1.28 bits per heavy atom. The van der Waals surface area contributed by atoms with Crippen LogP contribution in [0, 0.1) is 6.92 Å². The third-order valence-corrected chi connectivity index (χ3v) is 8.01. The van der Waals surface area contributed by atoms with Crippen LogP contribution >= 0.6 is 0 Å². The van der Waals surface area contributed by atoms with E-state index in [1.54, 1.807) is 19.5 Å². The van der Waals surface area contributed by atoms with Gasteiger partial charge in [0, 0.05) is 54.1 Å². The van der Waals surface area contributed by atoms with Crippen molar-refractivity contribution in [2.45, 2.75) is 63.5 Å². The molecule has 2 aliphatic heterocycles. The Labute approximate surface area is 211 Å². The molecule has 1 unspecified atom stereocenters. The number of aryl methyl sites for hydroxylation is 1. The number of nitrogens with zero attached hydrogens (tertiary/aromatic N) is 4. The van der Waals surface area contributed by atoms with E-state index >= 15 is 0 Å². The summed E-state index contributed by atoms with van der Waals surface area (Å²) in [6.07, 6.45) is 9.27. The van der Waals surface area contributed by atoms with Crippen molar-refractivity contribution in [3.05, 3.63) is 53.1 Å². The van der Waals surface area contributed by atoms with Gasteiger partial charge >= 0.3 is 0 Å². The fourth-order valence-corrected chi connectivity index (χ4v) is 5.93. The highest BCUT2D eigenvalue weighted by molar-refractivity contribution is 6.08. The third kappa shape index (κ3) is 4.17. The molecule has 1 saturated carbocycles. The molecule has 36 heavy (non-hydrogen) atoms. The molecule has 3 fully saturated rings. The normalized spacial score (nSPS) is 22.4. The Morgan fingerprint density at radius 2 is 2.14 bits per heavy atom. The topological polar surface area (TPSA) is 92.3 Å². The molecule has 5 heterocycles. The highest BCUT2D eigenvalue weighted by atomic mass is 16.5. The molecule has 6 rings (SSSR count). The van der Waals surface area contributed by atoms with Crippen molar-refractivity contribution in [1.82, 2.24) is 25.6 Å². The quantitative estimate of drug-likeness (QED) is 0.543. The summed E-state index contributed by atoms with van der Waals surface area (Å²) >= 11 is 0. The maximum absolute atomic E-state index is 13.8. The number of rotatable bonds is 6. The highest BCUT2D eigenvalue weighted by Gasteiger charge is 2.41. The first-order valence-corrected chi connectivity index (χ1v) is 13.1. The molecule has 0 bridgehead atoms. The van der Waals surface area contributed by atoms with E-state index in [2.05, 4.69) is 26.6 Å². The summed E-state index contributed by atoms with van der Waals surface area (Å²) < 4.78 is 5.27. The van der Waals surface area contributed by atoms with Gasteiger partial charge in [0.2, 0.25) is 5.88 Å². The summed E-state index contributed by atoms with van der Waals surface area (Å²) in [5.74, 6) is 0.893. The maximum atomic E-state index is 13.8. The molecule has 1 aliphatic carbocycles. The average Bonchev–Trinajstić information content (AvgIpc) is 3.51. The first-order valence-electron chi connectivity index (χ1n) is 13.1. The van der Waals surface area contributed by atoms with E-state index in [-0.39, 0.29) is 17.5 Å². The van der Waals surface area contributed by atoms with Crippen molar-refractivity contribution < 1.29 is 9.53 Å². The lowest BCUT2D eigenvalue weighted by Gasteiger charge is -2.28. The minimum Gasteiger partial charge on any atom is -0.481 e. The predicted octanol–water partition coefficient (Wildman–Crippen LogP) is 4.04. The number of carbonyl (C=O) groups excluding carboxylic acids is 1. The fourth-order valence-electron chi connectivity index (χ4n) is 5.93. The van der Waals surface area contributed by atoms with Crippen molar-refractivity contribution in [1.29, 1.82) is 0 Å². The van der Waals surface area contributed by atoms with E-state index < -0.39 is 0 Å². The molecule has 188 valence electrons. The van der Waals surface area contributed by atoms with E-state index in [0.717, 1.165) is 72.4 Å². The molecule has 0 radical (unpaired) electrons. The van der Waals surface area contributed by atoms with E-state index in [9.17, 15) is 4.79 Å². The SMILES string of the molecule is COc1cc([C@H](C)NC(=O)c2cnc3c(C4CC4)nc(C)cc3c2N2CCC3(CCCN3)C2)ccn1. The monoisotopic (exact) mass is 486 g/mol. The van der Waals surface area contributed by atoms with Crippen molar-refractivity contribution in [3.8, 4) is 5.88 Å². The summed E-state index contributed by atoms with van der Waals surface area (Å²) in [4.78, 5) is 30.1. The molecule has 3 aromatic rings. The number of hydrogen-bond acceptors (Lipinski definition) is 7. The summed E-state index contributed by atoms with van der Waals surface area (Å²) in [5.41, 5.74) is 5.72. The largest absolute Gasteiger partial charge is 0.481 e. The van der Waals surface area contributed by atoms with Gasteiger partial charge in [-0.2, -0.15) is 0 Å². The van der Waals surface area contributed by atoms with E-state index in [4.69, 9.17) is 14.7 Å². The molecule has 1 amide bonds. The summed E-state index contributed by atoms with van der Waals surface area (Å²) in [6, 6.07) is 5.67. The lowest BCUT2D eigenvalue weighted by atomic mass is 9.97. The Bertz CT molecular complexity index is 1310. The molecular weight excluding hydrogens is 452 g/mol. The minimum atomic E-state index is -0.208. The first kappa shape index (κ1) is 23.2. The fraction of sp³-hybridized carbons (Fsp3) is 0.500.